The third kappa shape index (κ3) is 4.58. The van der Waals surface area contributed by atoms with Gasteiger partial charge in [0.1, 0.15) is 5.82 Å². The molecule has 0 saturated carbocycles. The maximum atomic E-state index is 13.8. The minimum absolute atomic E-state index is 0.215. The fourth-order valence-electron chi connectivity index (χ4n) is 1.88. The van der Waals surface area contributed by atoms with Gasteiger partial charge in [-0.1, -0.05) is 51.4 Å². The van der Waals surface area contributed by atoms with E-state index in [-0.39, 0.29) is 10.8 Å². The van der Waals surface area contributed by atoms with E-state index in [9.17, 15) is 4.39 Å². The SMILES string of the molecule is CC(C)NCC(C)C(C)Cc1cccc(Cl)c1F. The molecule has 0 spiro atoms. The Morgan fingerprint density at radius 1 is 1.17 bits per heavy atom. The van der Waals surface area contributed by atoms with E-state index in [1.54, 1.807) is 6.07 Å². The van der Waals surface area contributed by atoms with Gasteiger partial charge in [-0.25, -0.2) is 4.39 Å². The molecular weight excluding hydrogens is 249 g/mol. The largest absolute Gasteiger partial charge is 0.314 e. The summed E-state index contributed by atoms with van der Waals surface area (Å²) in [5.74, 6) is 0.657. The van der Waals surface area contributed by atoms with E-state index in [1.165, 1.54) is 0 Å². The van der Waals surface area contributed by atoms with Crippen LogP contribution in [0.3, 0.4) is 0 Å². The Morgan fingerprint density at radius 2 is 1.83 bits per heavy atom. The Bertz CT molecular complexity index is 379. The lowest BCUT2D eigenvalue weighted by Crippen LogP contribution is -2.31. The van der Waals surface area contributed by atoms with Crippen LogP contribution < -0.4 is 5.32 Å². The van der Waals surface area contributed by atoms with Crippen LogP contribution in [0.4, 0.5) is 4.39 Å². The second-order valence-corrected chi connectivity index (χ2v) is 5.84. The summed E-state index contributed by atoms with van der Waals surface area (Å²) in [6.45, 7) is 9.58. The van der Waals surface area contributed by atoms with Gasteiger partial charge >= 0.3 is 0 Å². The van der Waals surface area contributed by atoms with Gasteiger partial charge in [-0.3, -0.25) is 0 Å². The molecule has 0 aromatic heterocycles. The van der Waals surface area contributed by atoms with E-state index in [2.05, 4.69) is 33.0 Å². The Balaban J connectivity index is 2.58. The van der Waals surface area contributed by atoms with Crippen LogP contribution in [0.2, 0.25) is 5.02 Å². The van der Waals surface area contributed by atoms with E-state index in [0.29, 0.717) is 23.4 Å². The molecule has 0 radical (unpaired) electrons. The molecule has 0 fully saturated rings. The average molecular weight is 272 g/mol. The molecule has 1 aromatic carbocycles. The van der Waals surface area contributed by atoms with Crippen molar-refractivity contribution in [2.24, 2.45) is 11.8 Å². The Kier molecular flexibility index (Phi) is 6.10. The van der Waals surface area contributed by atoms with Crippen molar-refractivity contribution in [3.05, 3.63) is 34.6 Å². The smallest absolute Gasteiger partial charge is 0.144 e. The lowest BCUT2D eigenvalue weighted by Gasteiger charge is -2.22. The molecule has 0 saturated heterocycles. The van der Waals surface area contributed by atoms with E-state index in [0.717, 1.165) is 13.0 Å². The van der Waals surface area contributed by atoms with Crippen molar-refractivity contribution < 1.29 is 4.39 Å². The summed E-state index contributed by atoms with van der Waals surface area (Å²) in [7, 11) is 0. The van der Waals surface area contributed by atoms with Crippen LogP contribution in [0.1, 0.15) is 33.3 Å². The highest BCUT2D eigenvalue weighted by molar-refractivity contribution is 6.30. The van der Waals surface area contributed by atoms with Crippen LogP contribution in [0, 0.1) is 17.7 Å². The highest BCUT2D eigenvalue weighted by Crippen LogP contribution is 2.23. The lowest BCUT2D eigenvalue weighted by molar-refractivity contribution is 0.351. The molecule has 1 aromatic rings. The first-order valence-electron chi connectivity index (χ1n) is 6.58. The zero-order chi connectivity index (χ0) is 13.7. The highest BCUT2D eigenvalue weighted by atomic mass is 35.5. The third-order valence-electron chi connectivity index (χ3n) is 3.39. The van der Waals surface area contributed by atoms with Crippen molar-refractivity contribution in [2.75, 3.05) is 6.54 Å². The summed E-state index contributed by atoms with van der Waals surface area (Å²) in [6.07, 6.45) is 0.729. The molecule has 1 N–H and O–H groups in total. The first-order chi connectivity index (χ1) is 8.41. The minimum atomic E-state index is -0.268. The van der Waals surface area contributed by atoms with Crippen LogP contribution >= 0.6 is 11.6 Å². The van der Waals surface area contributed by atoms with E-state index < -0.39 is 0 Å². The molecule has 2 atom stereocenters. The van der Waals surface area contributed by atoms with Gasteiger partial charge in [0.15, 0.2) is 0 Å². The fraction of sp³-hybridized carbons (Fsp3) is 0.600. The average Bonchev–Trinajstić information content (AvgIpc) is 2.31. The number of halogens is 2. The molecule has 1 rings (SSSR count). The molecule has 2 unspecified atom stereocenters. The number of rotatable bonds is 6. The first kappa shape index (κ1) is 15.5. The molecule has 0 heterocycles. The maximum Gasteiger partial charge on any atom is 0.144 e. The molecule has 18 heavy (non-hydrogen) atoms. The van der Waals surface area contributed by atoms with Gasteiger partial charge in [0.25, 0.3) is 0 Å². The third-order valence-corrected chi connectivity index (χ3v) is 3.68. The minimum Gasteiger partial charge on any atom is -0.314 e. The Hall–Kier alpha value is -0.600. The summed E-state index contributed by atoms with van der Waals surface area (Å²) in [5, 5.41) is 3.63. The topological polar surface area (TPSA) is 12.0 Å². The molecule has 102 valence electrons. The van der Waals surface area contributed by atoms with Gasteiger partial charge in [0, 0.05) is 6.04 Å². The van der Waals surface area contributed by atoms with Gasteiger partial charge in [-0.15, -0.1) is 0 Å². The molecule has 0 aliphatic heterocycles. The second-order valence-electron chi connectivity index (χ2n) is 5.43. The summed E-state index contributed by atoms with van der Waals surface area (Å²) >= 11 is 5.79. The van der Waals surface area contributed by atoms with Crippen molar-refractivity contribution >= 4 is 11.6 Å². The number of hydrogen-bond donors (Lipinski definition) is 1. The van der Waals surface area contributed by atoms with Crippen LogP contribution in [0.25, 0.3) is 0 Å². The summed E-state index contributed by atoms with van der Waals surface area (Å²) in [4.78, 5) is 0. The van der Waals surface area contributed by atoms with Crippen molar-refractivity contribution in [2.45, 2.75) is 40.2 Å². The number of hydrogen-bond acceptors (Lipinski definition) is 1. The quantitative estimate of drug-likeness (QED) is 0.814. The number of nitrogens with one attached hydrogen (secondary N) is 1. The lowest BCUT2D eigenvalue weighted by atomic mass is 9.89. The molecule has 3 heteroatoms. The molecular formula is C15H23ClFN. The molecule has 0 amide bonds. The van der Waals surface area contributed by atoms with Crippen molar-refractivity contribution in [3.8, 4) is 0 Å². The van der Waals surface area contributed by atoms with Gasteiger partial charge in [0.2, 0.25) is 0 Å². The van der Waals surface area contributed by atoms with Crippen LogP contribution in [-0.2, 0) is 6.42 Å². The predicted octanol–water partition coefficient (Wildman–Crippen LogP) is 4.29. The van der Waals surface area contributed by atoms with E-state index in [4.69, 9.17) is 11.6 Å². The summed E-state index contributed by atoms with van der Waals surface area (Å²) in [5.41, 5.74) is 0.714. The van der Waals surface area contributed by atoms with Crippen LogP contribution in [0.15, 0.2) is 18.2 Å². The van der Waals surface area contributed by atoms with Crippen molar-refractivity contribution in [1.82, 2.24) is 5.32 Å². The van der Waals surface area contributed by atoms with Crippen molar-refractivity contribution in [3.63, 3.8) is 0 Å². The van der Waals surface area contributed by atoms with Crippen LogP contribution in [0.5, 0.6) is 0 Å². The van der Waals surface area contributed by atoms with Gasteiger partial charge in [-0.2, -0.15) is 0 Å². The summed E-state index contributed by atoms with van der Waals surface area (Å²) in [6, 6.07) is 5.71. The predicted molar refractivity (Wildman–Crippen MR) is 76.6 cm³/mol. The highest BCUT2D eigenvalue weighted by Gasteiger charge is 2.16. The zero-order valence-corrected chi connectivity index (χ0v) is 12.4. The van der Waals surface area contributed by atoms with Gasteiger partial charge in [-0.05, 0) is 36.4 Å². The van der Waals surface area contributed by atoms with Gasteiger partial charge in [0.05, 0.1) is 5.02 Å². The first-order valence-corrected chi connectivity index (χ1v) is 6.95. The summed E-state index contributed by atoms with van der Waals surface area (Å²) < 4.78 is 13.8. The number of benzene rings is 1. The molecule has 0 bridgehead atoms. The van der Waals surface area contributed by atoms with E-state index in [1.807, 2.05) is 12.1 Å². The van der Waals surface area contributed by atoms with Gasteiger partial charge < -0.3 is 5.32 Å². The monoisotopic (exact) mass is 271 g/mol. The fourth-order valence-corrected chi connectivity index (χ4v) is 2.07. The Labute approximate surface area is 115 Å². The maximum absolute atomic E-state index is 13.8. The second kappa shape index (κ2) is 7.10. The molecule has 1 nitrogen and oxygen atoms in total. The van der Waals surface area contributed by atoms with Crippen molar-refractivity contribution in [1.29, 1.82) is 0 Å². The molecule has 0 aliphatic rings. The van der Waals surface area contributed by atoms with Crippen LogP contribution in [-0.4, -0.2) is 12.6 Å². The Morgan fingerprint density at radius 3 is 2.44 bits per heavy atom. The molecule has 0 aliphatic carbocycles. The normalized spacial score (nSPS) is 14.8. The van der Waals surface area contributed by atoms with E-state index >= 15 is 0 Å². The standard InChI is InChI=1S/C15H23ClFN/c1-10(2)18-9-12(4)11(3)8-13-6-5-7-14(16)15(13)17/h5-7,10-12,18H,8-9H2,1-4H3. The zero-order valence-electron chi connectivity index (χ0n) is 11.6.